The number of nitrogens with two attached hydrogens (primary N) is 1. The predicted octanol–water partition coefficient (Wildman–Crippen LogP) is -0.0769. The molecule has 6 nitrogen and oxygen atoms in total. The number of nitrogens with one attached hydrogen (secondary N) is 1. The van der Waals surface area contributed by atoms with Crippen LogP contribution in [0.3, 0.4) is 0 Å². The van der Waals surface area contributed by atoms with Gasteiger partial charge in [-0.3, -0.25) is 9.59 Å². The Bertz CT molecular complexity index is 591. The second kappa shape index (κ2) is 5.46. The maximum atomic E-state index is 11.8. The van der Waals surface area contributed by atoms with Gasteiger partial charge in [-0.15, -0.1) is 0 Å². The van der Waals surface area contributed by atoms with Gasteiger partial charge < -0.3 is 5.73 Å². The Morgan fingerprint density at radius 2 is 1.78 bits per heavy atom. The highest BCUT2D eigenvalue weighted by Gasteiger charge is 2.18. The Hall–Kier alpha value is -2.15. The van der Waals surface area contributed by atoms with Crippen molar-refractivity contribution in [1.29, 1.82) is 0 Å². The summed E-state index contributed by atoms with van der Waals surface area (Å²) in [6, 6.07) is 7.42. The SMILES string of the molecule is C/C(=C\C(N)=O)C(=O)NS(=O)(=O)c1ccccc1. The highest BCUT2D eigenvalue weighted by atomic mass is 32.2. The van der Waals surface area contributed by atoms with E-state index in [1.54, 1.807) is 6.07 Å². The van der Waals surface area contributed by atoms with E-state index in [0.717, 1.165) is 6.08 Å². The first-order valence-corrected chi connectivity index (χ1v) is 6.41. The standard InChI is InChI=1S/C11H12N2O4S/c1-8(7-10(12)14)11(15)13-18(16,17)9-5-3-2-4-6-9/h2-7H,1H3,(H2,12,14)(H,13,15)/b8-7+. The van der Waals surface area contributed by atoms with Gasteiger partial charge in [0.1, 0.15) is 0 Å². The molecule has 0 unspecified atom stereocenters. The van der Waals surface area contributed by atoms with E-state index in [2.05, 4.69) is 0 Å². The third-order valence-electron chi connectivity index (χ3n) is 2.00. The van der Waals surface area contributed by atoms with Crippen LogP contribution in [0.2, 0.25) is 0 Å². The monoisotopic (exact) mass is 268 g/mol. The van der Waals surface area contributed by atoms with Crippen LogP contribution in [0, 0.1) is 0 Å². The second-order valence-corrected chi connectivity index (χ2v) is 5.16. The zero-order valence-electron chi connectivity index (χ0n) is 9.58. The molecule has 1 aromatic carbocycles. The lowest BCUT2D eigenvalue weighted by molar-refractivity contribution is -0.117. The van der Waals surface area contributed by atoms with Crippen LogP contribution in [0.1, 0.15) is 6.92 Å². The van der Waals surface area contributed by atoms with Crippen LogP contribution < -0.4 is 10.5 Å². The van der Waals surface area contributed by atoms with Gasteiger partial charge in [-0.2, -0.15) is 0 Å². The van der Waals surface area contributed by atoms with E-state index < -0.39 is 21.8 Å². The third kappa shape index (κ3) is 3.70. The lowest BCUT2D eigenvalue weighted by Crippen LogP contribution is -2.31. The van der Waals surface area contributed by atoms with Crippen molar-refractivity contribution >= 4 is 21.8 Å². The predicted molar refractivity (Wildman–Crippen MR) is 64.7 cm³/mol. The summed E-state index contributed by atoms with van der Waals surface area (Å²) < 4.78 is 25.3. The molecule has 0 bridgehead atoms. The second-order valence-electron chi connectivity index (χ2n) is 3.48. The molecule has 2 amide bonds. The molecule has 0 aliphatic rings. The van der Waals surface area contributed by atoms with E-state index in [4.69, 9.17) is 5.73 Å². The van der Waals surface area contributed by atoms with Crippen LogP contribution in [0.25, 0.3) is 0 Å². The fourth-order valence-electron chi connectivity index (χ4n) is 1.14. The molecule has 0 radical (unpaired) electrons. The van der Waals surface area contributed by atoms with Gasteiger partial charge >= 0.3 is 0 Å². The number of sulfonamides is 1. The highest BCUT2D eigenvalue weighted by molar-refractivity contribution is 7.90. The highest BCUT2D eigenvalue weighted by Crippen LogP contribution is 2.07. The van der Waals surface area contributed by atoms with E-state index in [1.807, 2.05) is 4.72 Å². The minimum Gasteiger partial charge on any atom is -0.366 e. The summed E-state index contributed by atoms with van der Waals surface area (Å²) in [4.78, 5) is 22.0. The quantitative estimate of drug-likeness (QED) is 0.745. The van der Waals surface area contributed by atoms with Crippen molar-refractivity contribution in [2.75, 3.05) is 0 Å². The molecule has 0 atom stereocenters. The molecular weight excluding hydrogens is 256 g/mol. The minimum atomic E-state index is -3.93. The molecule has 1 aromatic rings. The smallest absolute Gasteiger partial charge is 0.264 e. The van der Waals surface area contributed by atoms with Crippen LogP contribution in [0.5, 0.6) is 0 Å². The van der Waals surface area contributed by atoms with Crippen LogP contribution in [-0.2, 0) is 19.6 Å². The van der Waals surface area contributed by atoms with Crippen LogP contribution >= 0.6 is 0 Å². The first-order valence-electron chi connectivity index (χ1n) is 4.93. The summed E-state index contributed by atoms with van der Waals surface area (Å²) in [5, 5.41) is 0. The molecule has 0 saturated carbocycles. The maximum Gasteiger partial charge on any atom is 0.264 e. The Labute approximate surface area is 105 Å². The van der Waals surface area contributed by atoms with Crippen LogP contribution in [0.4, 0.5) is 0 Å². The number of amides is 2. The average Bonchev–Trinajstić information content (AvgIpc) is 2.28. The number of hydrogen-bond donors (Lipinski definition) is 2. The summed E-state index contributed by atoms with van der Waals surface area (Å²) in [5.74, 6) is -1.71. The van der Waals surface area contributed by atoms with Crippen molar-refractivity contribution in [2.24, 2.45) is 5.73 Å². The number of carbonyl (C=O) groups is 2. The number of carbonyl (C=O) groups excluding carboxylic acids is 2. The molecular formula is C11H12N2O4S. The Balaban J connectivity index is 2.92. The van der Waals surface area contributed by atoms with Crippen molar-refractivity contribution in [1.82, 2.24) is 4.72 Å². The summed E-state index contributed by atoms with van der Waals surface area (Å²) in [6.07, 6.45) is 0.857. The largest absolute Gasteiger partial charge is 0.366 e. The normalized spacial score (nSPS) is 11.9. The molecule has 18 heavy (non-hydrogen) atoms. The minimum absolute atomic E-state index is 0.0368. The molecule has 3 N–H and O–H groups in total. The lowest BCUT2D eigenvalue weighted by Gasteiger charge is -2.06. The van der Waals surface area contributed by atoms with Gasteiger partial charge in [0, 0.05) is 11.6 Å². The average molecular weight is 268 g/mol. The van der Waals surface area contributed by atoms with Crippen LogP contribution in [-0.4, -0.2) is 20.2 Å². The number of benzene rings is 1. The van der Waals surface area contributed by atoms with Gasteiger partial charge in [-0.25, -0.2) is 13.1 Å². The molecule has 0 spiro atoms. The van der Waals surface area contributed by atoms with E-state index in [1.165, 1.54) is 31.2 Å². The van der Waals surface area contributed by atoms with Crippen molar-refractivity contribution in [3.63, 3.8) is 0 Å². The van der Waals surface area contributed by atoms with Crippen molar-refractivity contribution in [2.45, 2.75) is 11.8 Å². The fraction of sp³-hybridized carbons (Fsp3) is 0.0909. The van der Waals surface area contributed by atoms with Gasteiger partial charge in [-0.05, 0) is 19.1 Å². The molecule has 0 heterocycles. The van der Waals surface area contributed by atoms with Gasteiger partial charge in [0.05, 0.1) is 4.90 Å². The molecule has 7 heteroatoms. The van der Waals surface area contributed by atoms with E-state index >= 15 is 0 Å². The molecule has 0 aliphatic heterocycles. The zero-order valence-corrected chi connectivity index (χ0v) is 10.4. The maximum absolute atomic E-state index is 11.8. The number of hydrogen-bond acceptors (Lipinski definition) is 4. The molecule has 96 valence electrons. The molecule has 1 rings (SSSR count). The summed E-state index contributed by atoms with van der Waals surface area (Å²) in [5.41, 5.74) is 4.78. The van der Waals surface area contributed by atoms with Crippen molar-refractivity contribution in [3.8, 4) is 0 Å². The van der Waals surface area contributed by atoms with E-state index in [9.17, 15) is 18.0 Å². The van der Waals surface area contributed by atoms with Crippen molar-refractivity contribution < 1.29 is 18.0 Å². The Morgan fingerprint density at radius 1 is 1.22 bits per heavy atom. The molecule has 0 aliphatic carbocycles. The van der Waals surface area contributed by atoms with E-state index in [-0.39, 0.29) is 10.5 Å². The number of primary amides is 1. The molecule has 0 fully saturated rings. The third-order valence-corrected chi connectivity index (χ3v) is 3.34. The van der Waals surface area contributed by atoms with Crippen LogP contribution in [0.15, 0.2) is 46.9 Å². The summed E-state index contributed by atoms with van der Waals surface area (Å²) >= 11 is 0. The molecule has 0 saturated heterocycles. The fourth-order valence-corrected chi connectivity index (χ4v) is 2.18. The summed E-state index contributed by atoms with van der Waals surface area (Å²) in [7, 11) is -3.93. The van der Waals surface area contributed by atoms with Gasteiger partial charge in [0.15, 0.2) is 0 Å². The number of rotatable bonds is 4. The summed E-state index contributed by atoms with van der Waals surface area (Å²) in [6.45, 7) is 1.29. The Kier molecular flexibility index (Phi) is 4.22. The first-order chi connectivity index (χ1) is 8.33. The Morgan fingerprint density at radius 3 is 2.28 bits per heavy atom. The lowest BCUT2D eigenvalue weighted by atomic mass is 10.3. The van der Waals surface area contributed by atoms with Crippen molar-refractivity contribution in [3.05, 3.63) is 42.0 Å². The topological polar surface area (TPSA) is 106 Å². The van der Waals surface area contributed by atoms with Gasteiger partial charge in [0.2, 0.25) is 5.91 Å². The zero-order chi connectivity index (χ0) is 13.8. The van der Waals surface area contributed by atoms with Gasteiger partial charge in [0.25, 0.3) is 15.9 Å². The van der Waals surface area contributed by atoms with E-state index in [0.29, 0.717) is 0 Å². The first kappa shape index (κ1) is 13.9. The molecule has 0 aromatic heterocycles. The van der Waals surface area contributed by atoms with Gasteiger partial charge in [-0.1, -0.05) is 18.2 Å².